The van der Waals surface area contributed by atoms with Crippen molar-refractivity contribution < 1.29 is 24.2 Å². The van der Waals surface area contributed by atoms with Crippen LogP contribution >= 0.6 is 0 Å². The summed E-state index contributed by atoms with van der Waals surface area (Å²) in [5.41, 5.74) is 1.38. The number of phenols is 1. The summed E-state index contributed by atoms with van der Waals surface area (Å²) in [4.78, 5) is 38.5. The molecule has 1 saturated heterocycles. The number of anilines is 1. The van der Waals surface area contributed by atoms with E-state index >= 15 is 0 Å². The lowest BCUT2D eigenvalue weighted by molar-refractivity contribution is -0.121. The van der Waals surface area contributed by atoms with Crippen molar-refractivity contribution in [3.05, 3.63) is 59.7 Å². The van der Waals surface area contributed by atoms with Crippen LogP contribution in [0.3, 0.4) is 0 Å². The molecule has 0 saturated carbocycles. The highest BCUT2D eigenvalue weighted by atomic mass is 16.5. The van der Waals surface area contributed by atoms with E-state index in [9.17, 15) is 19.5 Å². The van der Waals surface area contributed by atoms with Crippen molar-refractivity contribution in [2.45, 2.75) is 12.8 Å². The number of hydrogen-bond donors (Lipinski definition) is 2. The van der Waals surface area contributed by atoms with Crippen molar-refractivity contribution >= 4 is 23.5 Å². The van der Waals surface area contributed by atoms with Gasteiger partial charge in [0.2, 0.25) is 5.91 Å². The second-order valence-electron chi connectivity index (χ2n) is 6.67. The minimum atomic E-state index is -0.487. The summed E-state index contributed by atoms with van der Waals surface area (Å²) in [5.74, 6) is -0.784. The number of phenolic OH excluding ortho intramolecular Hbond substituents is 1. The van der Waals surface area contributed by atoms with Crippen LogP contribution < -0.4 is 5.32 Å². The van der Waals surface area contributed by atoms with Gasteiger partial charge in [-0.25, -0.2) is 4.79 Å². The zero-order valence-corrected chi connectivity index (χ0v) is 15.6. The van der Waals surface area contributed by atoms with Gasteiger partial charge < -0.3 is 20.1 Å². The zero-order chi connectivity index (χ0) is 20.1. The van der Waals surface area contributed by atoms with E-state index in [4.69, 9.17) is 4.74 Å². The number of esters is 1. The highest BCUT2D eigenvalue weighted by molar-refractivity contribution is 5.98. The van der Waals surface area contributed by atoms with Gasteiger partial charge in [0.1, 0.15) is 5.75 Å². The fourth-order valence-corrected chi connectivity index (χ4v) is 3.21. The van der Waals surface area contributed by atoms with Crippen molar-refractivity contribution in [1.82, 2.24) is 4.90 Å². The Bertz CT molecular complexity index is 871. The number of rotatable bonds is 4. The average molecular weight is 382 g/mol. The first-order valence-electron chi connectivity index (χ1n) is 9.05. The number of nitrogens with one attached hydrogen (secondary N) is 1. The number of carbonyl (C=O) groups is 3. The molecule has 0 unspecified atom stereocenters. The molecule has 0 atom stereocenters. The number of likely N-dealkylation sites (tertiary alicyclic amines) is 1. The minimum Gasteiger partial charge on any atom is -0.508 e. The maximum atomic E-state index is 12.7. The predicted octanol–water partition coefficient (Wildman–Crippen LogP) is 2.67. The highest BCUT2D eigenvalue weighted by Gasteiger charge is 2.28. The number of carbonyl (C=O) groups excluding carboxylic acids is 3. The summed E-state index contributed by atoms with van der Waals surface area (Å²) in [6.45, 7) is 0.934. The standard InChI is InChI=1S/C21H22N2O5/c1-28-21(27)16-4-2-3-15(13-16)20(26)23-11-9-14(10-12-23)19(25)22-17-5-7-18(24)8-6-17/h2-8,13-14,24H,9-12H2,1H3,(H,22,25). The van der Waals surface area contributed by atoms with Gasteiger partial charge in [-0.15, -0.1) is 0 Å². The third kappa shape index (κ3) is 4.49. The second kappa shape index (κ2) is 8.56. The summed E-state index contributed by atoms with van der Waals surface area (Å²) in [7, 11) is 1.30. The summed E-state index contributed by atoms with van der Waals surface area (Å²) in [6, 6.07) is 12.7. The van der Waals surface area contributed by atoms with E-state index < -0.39 is 5.97 Å². The van der Waals surface area contributed by atoms with E-state index in [1.165, 1.54) is 25.3 Å². The number of aromatic hydroxyl groups is 1. The Hall–Kier alpha value is -3.35. The van der Waals surface area contributed by atoms with E-state index in [0.717, 1.165) is 0 Å². The van der Waals surface area contributed by atoms with Crippen LogP contribution in [0.2, 0.25) is 0 Å². The molecule has 1 heterocycles. The molecular weight excluding hydrogens is 360 g/mol. The third-order valence-corrected chi connectivity index (χ3v) is 4.82. The molecule has 1 aliphatic heterocycles. The van der Waals surface area contributed by atoms with Crippen molar-refractivity contribution in [3.8, 4) is 5.75 Å². The Morgan fingerprint density at radius 1 is 1.04 bits per heavy atom. The fraction of sp³-hybridized carbons (Fsp3) is 0.286. The van der Waals surface area contributed by atoms with Gasteiger partial charge in [0.15, 0.2) is 0 Å². The number of amides is 2. The Morgan fingerprint density at radius 3 is 2.32 bits per heavy atom. The maximum Gasteiger partial charge on any atom is 0.337 e. The Labute approximate surface area is 162 Å². The van der Waals surface area contributed by atoms with Crippen LogP contribution in [0.1, 0.15) is 33.6 Å². The number of hydrogen-bond acceptors (Lipinski definition) is 5. The van der Waals surface area contributed by atoms with Crippen LogP contribution in [0.25, 0.3) is 0 Å². The highest BCUT2D eigenvalue weighted by Crippen LogP contribution is 2.22. The van der Waals surface area contributed by atoms with Crippen molar-refractivity contribution in [2.24, 2.45) is 5.92 Å². The number of piperidine rings is 1. The molecule has 28 heavy (non-hydrogen) atoms. The van der Waals surface area contributed by atoms with Gasteiger partial charge in [0.05, 0.1) is 12.7 Å². The van der Waals surface area contributed by atoms with Crippen LogP contribution in [0.5, 0.6) is 5.75 Å². The van der Waals surface area contributed by atoms with Crippen LogP contribution in [0.15, 0.2) is 48.5 Å². The van der Waals surface area contributed by atoms with Crippen LogP contribution in [-0.2, 0) is 9.53 Å². The van der Waals surface area contributed by atoms with E-state index in [-0.39, 0.29) is 23.5 Å². The van der Waals surface area contributed by atoms with Gasteiger partial charge in [-0.2, -0.15) is 0 Å². The monoisotopic (exact) mass is 382 g/mol. The molecule has 2 amide bonds. The summed E-state index contributed by atoms with van der Waals surface area (Å²) in [5, 5.41) is 12.1. The van der Waals surface area contributed by atoms with Crippen molar-refractivity contribution in [2.75, 3.05) is 25.5 Å². The molecule has 2 N–H and O–H groups in total. The fourth-order valence-electron chi connectivity index (χ4n) is 3.21. The molecule has 0 bridgehead atoms. The van der Waals surface area contributed by atoms with Crippen molar-refractivity contribution in [1.29, 1.82) is 0 Å². The molecule has 146 valence electrons. The second-order valence-corrected chi connectivity index (χ2v) is 6.67. The van der Waals surface area contributed by atoms with Gasteiger partial charge in [-0.3, -0.25) is 9.59 Å². The Kier molecular flexibility index (Phi) is 5.93. The molecule has 0 aliphatic carbocycles. The van der Waals surface area contributed by atoms with E-state index in [1.807, 2.05) is 0 Å². The topological polar surface area (TPSA) is 95.9 Å². The number of ether oxygens (including phenoxy) is 1. The summed E-state index contributed by atoms with van der Waals surface area (Å²) in [6.07, 6.45) is 1.12. The smallest absolute Gasteiger partial charge is 0.337 e. The van der Waals surface area contributed by atoms with E-state index in [0.29, 0.717) is 42.7 Å². The largest absolute Gasteiger partial charge is 0.508 e. The molecule has 2 aromatic rings. The molecule has 0 radical (unpaired) electrons. The van der Waals surface area contributed by atoms with E-state index in [1.54, 1.807) is 35.2 Å². The maximum absolute atomic E-state index is 12.7. The van der Waals surface area contributed by atoms with Crippen molar-refractivity contribution in [3.63, 3.8) is 0 Å². The molecule has 0 spiro atoms. The van der Waals surface area contributed by atoms with Gasteiger partial charge in [-0.1, -0.05) is 6.07 Å². The lowest BCUT2D eigenvalue weighted by atomic mass is 9.95. The molecule has 1 fully saturated rings. The SMILES string of the molecule is COC(=O)c1cccc(C(=O)N2CCC(C(=O)Nc3ccc(O)cc3)CC2)c1. The van der Waals surface area contributed by atoms with Crippen LogP contribution in [0, 0.1) is 5.92 Å². The Morgan fingerprint density at radius 2 is 1.68 bits per heavy atom. The number of methoxy groups -OCH3 is 1. The summed E-state index contributed by atoms with van der Waals surface area (Å²) >= 11 is 0. The van der Waals surface area contributed by atoms with Gasteiger partial charge in [0, 0.05) is 30.3 Å². The first-order valence-corrected chi connectivity index (χ1v) is 9.05. The molecule has 7 heteroatoms. The molecule has 3 rings (SSSR count). The third-order valence-electron chi connectivity index (χ3n) is 4.82. The van der Waals surface area contributed by atoms with Gasteiger partial charge in [-0.05, 0) is 55.3 Å². The molecule has 7 nitrogen and oxygen atoms in total. The minimum absolute atomic E-state index is 0.0922. The average Bonchev–Trinajstić information content (AvgIpc) is 2.74. The molecule has 2 aromatic carbocycles. The summed E-state index contributed by atoms with van der Waals surface area (Å²) < 4.78 is 4.69. The number of benzene rings is 2. The van der Waals surface area contributed by atoms with Crippen LogP contribution in [-0.4, -0.2) is 48.0 Å². The molecule has 1 aliphatic rings. The van der Waals surface area contributed by atoms with Gasteiger partial charge in [0.25, 0.3) is 5.91 Å². The quantitative estimate of drug-likeness (QED) is 0.626. The molecular formula is C21H22N2O5. The van der Waals surface area contributed by atoms with Gasteiger partial charge >= 0.3 is 5.97 Å². The lowest BCUT2D eigenvalue weighted by Gasteiger charge is -2.31. The zero-order valence-electron chi connectivity index (χ0n) is 15.6. The first-order chi connectivity index (χ1) is 13.5. The molecule has 0 aromatic heterocycles. The van der Waals surface area contributed by atoms with Crippen LogP contribution in [0.4, 0.5) is 5.69 Å². The predicted molar refractivity (Wildman–Crippen MR) is 103 cm³/mol. The first kappa shape index (κ1) is 19.4. The van der Waals surface area contributed by atoms with E-state index in [2.05, 4.69) is 5.32 Å². The lowest BCUT2D eigenvalue weighted by Crippen LogP contribution is -2.41. The number of nitrogens with zero attached hydrogens (tertiary/aromatic N) is 1. The normalized spacial score (nSPS) is 14.4. The Balaban J connectivity index is 1.57.